The third-order valence-electron chi connectivity index (χ3n) is 1.10. The number of halogens is 2. The molecule has 0 aromatic carbocycles. The average molecular weight is 149 g/mol. The topological polar surface area (TPSA) is 36.4 Å². The van der Waals surface area contributed by atoms with Crippen LogP contribution in [0.5, 0.6) is 0 Å². The smallest absolute Gasteiger partial charge is 0.255 e. The van der Waals surface area contributed by atoms with Crippen molar-refractivity contribution >= 4 is 5.96 Å². The standard InChI is InChI=1S/C5H9F2N3/c6-4(7)3-10-5-8-1-2-9-5/h4H,1-3H2,(H2,8,9,10). The van der Waals surface area contributed by atoms with E-state index in [0.717, 1.165) is 6.54 Å². The Kier molecular flexibility index (Phi) is 2.42. The predicted octanol–water partition coefficient (Wildman–Crippen LogP) is -0.200. The molecular formula is C5H9F2N3. The molecule has 5 heteroatoms. The van der Waals surface area contributed by atoms with Gasteiger partial charge in [0.25, 0.3) is 6.43 Å². The molecule has 1 aliphatic heterocycles. The van der Waals surface area contributed by atoms with E-state index in [1.165, 1.54) is 0 Å². The molecule has 0 bridgehead atoms. The van der Waals surface area contributed by atoms with Crippen LogP contribution in [0.3, 0.4) is 0 Å². The Morgan fingerprint density at radius 3 is 3.00 bits per heavy atom. The molecule has 1 rings (SSSR count). The van der Waals surface area contributed by atoms with Crippen LogP contribution < -0.4 is 10.6 Å². The van der Waals surface area contributed by atoms with Crippen LogP contribution in [-0.4, -0.2) is 32.0 Å². The Morgan fingerprint density at radius 1 is 1.70 bits per heavy atom. The first-order valence-electron chi connectivity index (χ1n) is 3.09. The van der Waals surface area contributed by atoms with E-state index in [2.05, 4.69) is 15.6 Å². The van der Waals surface area contributed by atoms with Gasteiger partial charge in [-0.1, -0.05) is 0 Å². The lowest BCUT2D eigenvalue weighted by Crippen LogP contribution is -2.36. The lowest BCUT2D eigenvalue weighted by Gasteiger charge is -2.03. The zero-order valence-electron chi connectivity index (χ0n) is 5.40. The van der Waals surface area contributed by atoms with Gasteiger partial charge in [-0.25, -0.2) is 8.78 Å². The second kappa shape index (κ2) is 3.34. The van der Waals surface area contributed by atoms with Gasteiger partial charge >= 0.3 is 0 Å². The molecule has 58 valence electrons. The number of alkyl halides is 2. The number of rotatable bonds is 2. The van der Waals surface area contributed by atoms with E-state index in [1.54, 1.807) is 0 Å². The second-order valence-corrected chi connectivity index (χ2v) is 1.93. The number of hydrogen-bond acceptors (Lipinski definition) is 3. The van der Waals surface area contributed by atoms with Gasteiger partial charge < -0.3 is 10.6 Å². The normalized spacial score (nSPS) is 16.9. The molecule has 1 aliphatic rings. The van der Waals surface area contributed by atoms with Crippen LogP contribution in [0.1, 0.15) is 0 Å². The molecule has 0 saturated heterocycles. The van der Waals surface area contributed by atoms with E-state index in [1.807, 2.05) is 0 Å². The minimum absolute atomic E-state index is 0.328. The fraction of sp³-hybridized carbons (Fsp3) is 0.800. The highest BCUT2D eigenvalue weighted by Crippen LogP contribution is 1.88. The highest BCUT2D eigenvalue weighted by atomic mass is 19.3. The minimum atomic E-state index is -2.31. The van der Waals surface area contributed by atoms with Gasteiger partial charge in [0.1, 0.15) is 0 Å². The van der Waals surface area contributed by atoms with Crippen molar-refractivity contribution in [2.45, 2.75) is 6.43 Å². The molecule has 3 nitrogen and oxygen atoms in total. The molecule has 0 radical (unpaired) electrons. The van der Waals surface area contributed by atoms with Gasteiger partial charge in [0.15, 0.2) is 5.96 Å². The number of nitrogens with one attached hydrogen (secondary N) is 2. The molecule has 0 atom stereocenters. The quantitative estimate of drug-likeness (QED) is 0.570. The van der Waals surface area contributed by atoms with Crippen LogP contribution in [0.4, 0.5) is 8.78 Å². The first-order valence-corrected chi connectivity index (χ1v) is 3.09. The Hall–Kier alpha value is -0.870. The largest absolute Gasteiger partial charge is 0.355 e. The number of nitrogens with zero attached hydrogens (tertiary/aromatic N) is 1. The molecule has 1 heterocycles. The Labute approximate surface area is 57.5 Å². The monoisotopic (exact) mass is 149 g/mol. The zero-order valence-corrected chi connectivity index (χ0v) is 5.40. The van der Waals surface area contributed by atoms with Crippen molar-refractivity contribution in [3.63, 3.8) is 0 Å². The van der Waals surface area contributed by atoms with E-state index in [4.69, 9.17) is 0 Å². The van der Waals surface area contributed by atoms with Gasteiger partial charge in [-0.2, -0.15) is 0 Å². The van der Waals surface area contributed by atoms with E-state index in [9.17, 15) is 8.78 Å². The van der Waals surface area contributed by atoms with Gasteiger partial charge in [0.2, 0.25) is 0 Å². The summed E-state index contributed by atoms with van der Waals surface area (Å²) in [4.78, 5) is 3.87. The van der Waals surface area contributed by atoms with Gasteiger partial charge in [-0.3, -0.25) is 4.99 Å². The lowest BCUT2D eigenvalue weighted by molar-refractivity contribution is 0.152. The molecule has 0 amide bonds. The predicted molar refractivity (Wildman–Crippen MR) is 34.3 cm³/mol. The summed E-state index contributed by atoms with van der Waals surface area (Å²) in [5.74, 6) is 0.486. The molecular weight excluding hydrogens is 140 g/mol. The van der Waals surface area contributed by atoms with Crippen LogP contribution in [0.25, 0.3) is 0 Å². The molecule has 0 spiro atoms. The summed E-state index contributed by atoms with van der Waals surface area (Å²) in [5.41, 5.74) is 0. The summed E-state index contributed by atoms with van der Waals surface area (Å²) in [7, 11) is 0. The molecule has 0 saturated carbocycles. The van der Waals surface area contributed by atoms with Crippen LogP contribution >= 0.6 is 0 Å². The zero-order chi connectivity index (χ0) is 7.40. The van der Waals surface area contributed by atoms with Gasteiger partial charge in [-0.05, 0) is 0 Å². The summed E-state index contributed by atoms with van der Waals surface area (Å²) >= 11 is 0. The third kappa shape index (κ3) is 2.16. The fourth-order valence-corrected chi connectivity index (χ4v) is 0.690. The van der Waals surface area contributed by atoms with Crippen molar-refractivity contribution in [2.24, 2.45) is 4.99 Å². The summed E-state index contributed by atoms with van der Waals surface area (Å²) in [6.45, 7) is 1.09. The van der Waals surface area contributed by atoms with E-state index in [0.29, 0.717) is 12.5 Å². The number of aliphatic imine (C=N–C) groups is 1. The van der Waals surface area contributed by atoms with Crippen molar-refractivity contribution in [2.75, 3.05) is 19.6 Å². The third-order valence-corrected chi connectivity index (χ3v) is 1.10. The Balaban J connectivity index is 2.13. The summed E-state index contributed by atoms with van der Waals surface area (Å²) in [5, 5.41) is 5.29. The van der Waals surface area contributed by atoms with Crippen molar-refractivity contribution in [1.82, 2.24) is 10.6 Å². The fourth-order valence-electron chi connectivity index (χ4n) is 0.690. The average Bonchev–Trinajstić information content (AvgIpc) is 2.34. The van der Waals surface area contributed by atoms with Gasteiger partial charge in [0.05, 0.1) is 13.1 Å². The number of guanidine groups is 1. The summed E-state index contributed by atoms with van der Waals surface area (Å²) in [6, 6.07) is 0. The van der Waals surface area contributed by atoms with Gasteiger partial charge in [0, 0.05) is 6.54 Å². The van der Waals surface area contributed by atoms with Crippen LogP contribution in [0.2, 0.25) is 0 Å². The molecule has 2 N–H and O–H groups in total. The first kappa shape index (κ1) is 7.24. The van der Waals surface area contributed by atoms with E-state index < -0.39 is 6.43 Å². The van der Waals surface area contributed by atoms with Crippen molar-refractivity contribution in [3.8, 4) is 0 Å². The van der Waals surface area contributed by atoms with Crippen molar-refractivity contribution < 1.29 is 8.78 Å². The van der Waals surface area contributed by atoms with Crippen LogP contribution in [0.15, 0.2) is 4.99 Å². The molecule has 0 fully saturated rings. The van der Waals surface area contributed by atoms with Gasteiger partial charge in [-0.15, -0.1) is 0 Å². The minimum Gasteiger partial charge on any atom is -0.355 e. The molecule has 0 aliphatic carbocycles. The van der Waals surface area contributed by atoms with E-state index in [-0.39, 0.29) is 6.54 Å². The SMILES string of the molecule is FC(F)CNC1=NCCN1. The summed E-state index contributed by atoms with van der Waals surface area (Å²) in [6.07, 6.45) is -2.31. The van der Waals surface area contributed by atoms with Crippen molar-refractivity contribution in [3.05, 3.63) is 0 Å². The molecule has 0 aromatic heterocycles. The van der Waals surface area contributed by atoms with Crippen molar-refractivity contribution in [1.29, 1.82) is 0 Å². The maximum atomic E-state index is 11.5. The lowest BCUT2D eigenvalue weighted by atomic mass is 10.6. The van der Waals surface area contributed by atoms with Crippen LogP contribution in [0, 0.1) is 0 Å². The number of hydrogen-bond donors (Lipinski definition) is 2. The first-order chi connectivity index (χ1) is 4.79. The molecule has 0 aromatic rings. The van der Waals surface area contributed by atoms with E-state index >= 15 is 0 Å². The van der Waals surface area contributed by atoms with Crippen LogP contribution in [-0.2, 0) is 0 Å². The Morgan fingerprint density at radius 2 is 2.50 bits per heavy atom. The maximum absolute atomic E-state index is 11.5. The second-order valence-electron chi connectivity index (χ2n) is 1.93. The highest BCUT2D eigenvalue weighted by Gasteiger charge is 2.06. The molecule has 0 unspecified atom stereocenters. The maximum Gasteiger partial charge on any atom is 0.255 e. The highest BCUT2D eigenvalue weighted by molar-refractivity contribution is 5.81. The Bertz CT molecular complexity index is 135. The summed E-state index contributed by atoms with van der Waals surface area (Å²) < 4.78 is 23.1. The molecule has 10 heavy (non-hydrogen) atoms.